The largest absolute Gasteiger partial charge is 0.399 e. The van der Waals surface area contributed by atoms with Crippen LogP contribution in [0.4, 0.5) is 11.4 Å². The Kier molecular flexibility index (Phi) is 2.92. The molecule has 0 saturated carbocycles. The normalized spacial score (nSPS) is 10.2. The molecule has 78 valence electrons. The highest BCUT2D eigenvalue weighted by Crippen LogP contribution is 2.18. The Morgan fingerprint density at radius 3 is 2.53 bits per heavy atom. The molecule has 0 saturated heterocycles. The number of hydrogen-bond donors (Lipinski definition) is 1. The van der Waals surface area contributed by atoms with Gasteiger partial charge in [0.2, 0.25) is 0 Å². The molecule has 0 unspecified atom stereocenters. The molecule has 0 aliphatic heterocycles. The van der Waals surface area contributed by atoms with Crippen LogP contribution in [0, 0.1) is 0 Å². The van der Waals surface area contributed by atoms with Crippen molar-refractivity contribution in [3.63, 3.8) is 0 Å². The third kappa shape index (κ3) is 2.50. The first-order valence-corrected chi connectivity index (χ1v) is 5.73. The molecule has 0 atom stereocenters. The summed E-state index contributed by atoms with van der Waals surface area (Å²) in [5.74, 6) is 0. The Labute approximate surface area is 94.0 Å². The summed E-state index contributed by atoms with van der Waals surface area (Å²) in [4.78, 5) is 3.58. The topological polar surface area (TPSA) is 29.3 Å². The molecule has 2 aromatic rings. The van der Waals surface area contributed by atoms with E-state index < -0.39 is 0 Å². The number of nitrogen functional groups attached to an aromatic ring is 1. The Balaban J connectivity index is 2.08. The van der Waals surface area contributed by atoms with Crippen molar-refractivity contribution in [2.75, 3.05) is 17.7 Å². The van der Waals surface area contributed by atoms with Crippen molar-refractivity contribution in [1.29, 1.82) is 0 Å². The molecule has 1 heterocycles. The van der Waals surface area contributed by atoms with Crippen LogP contribution in [0.2, 0.25) is 0 Å². The second-order valence-electron chi connectivity index (χ2n) is 3.53. The van der Waals surface area contributed by atoms with Gasteiger partial charge in [0.1, 0.15) is 0 Å². The lowest BCUT2D eigenvalue weighted by molar-refractivity contribution is 0.941. The molecule has 2 N–H and O–H groups in total. The smallest absolute Gasteiger partial charge is 0.0519 e. The van der Waals surface area contributed by atoms with E-state index in [-0.39, 0.29) is 0 Å². The summed E-state index contributed by atoms with van der Waals surface area (Å²) in [5, 5.41) is 2.10. The van der Waals surface area contributed by atoms with Crippen LogP contribution in [0.3, 0.4) is 0 Å². The van der Waals surface area contributed by atoms with E-state index in [0.29, 0.717) is 0 Å². The average Bonchev–Trinajstić information content (AvgIpc) is 2.71. The first kappa shape index (κ1) is 10.1. The summed E-state index contributed by atoms with van der Waals surface area (Å²) in [5.41, 5.74) is 7.65. The summed E-state index contributed by atoms with van der Waals surface area (Å²) < 4.78 is 0. The average molecular weight is 218 g/mol. The zero-order valence-electron chi connectivity index (χ0n) is 8.68. The van der Waals surface area contributed by atoms with Crippen molar-refractivity contribution in [3.8, 4) is 0 Å². The van der Waals surface area contributed by atoms with E-state index in [2.05, 4.69) is 29.5 Å². The fourth-order valence-electron chi connectivity index (χ4n) is 1.46. The van der Waals surface area contributed by atoms with Gasteiger partial charge in [0.25, 0.3) is 0 Å². The molecule has 0 fully saturated rings. The fraction of sp³-hybridized carbons (Fsp3) is 0.167. The minimum atomic E-state index is 0.809. The van der Waals surface area contributed by atoms with Gasteiger partial charge in [-0.25, -0.2) is 0 Å². The SMILES string of the molecule is CN(Cc1cccs1)c1ccc(N)cc1. The highest BCUT2D eigenvalue weighted by atomic mass is 32.1. The number of hydrogen-bond acceptors (Lipinski definition) is 3. The van der Waals surface area contributed by atoms with Gasteiger partial charge in [-0.15, -0.1) is 11.3 Å². The fourth-order valence-corrected chi connectivity index (χ4v) is 2.21. The predicted molar refractivity (Wildman–Crippen MR) is 67.3 cm³/mol. The third-order valence-corrected chi connectivity index (χ3v) is 3.17. The minimum absolute atomic E-state index is 0.809. The van der Waals surface area contributed by atoms with Crippen LogP contribution in [-0.4, -0.2) is 7.05 Å². The van der Waals surface area contributed by atoms with Crippen LogP contribution in [0.25, 0.3) is 0 Å². The Morgan fingerprint density at radius 2 is 1.93 bits per heavy atom. The zero-order chi connectivity index (χ0) is 10.7. The molecule has 0 aliphatic rings. The zero-order valence-corrected chi connectivity index (χ0v) is 9.50. The van der Waals surface area contributed by atoms with Crippen molar-refractivity contribution in [2.24, 2.45) is 0 Å². The maximum atomic E-state index is 5.65. The maximum Gasteiger partial charge on any atom is 0.0519 e. The van der Waals surface area contributed by atoms with E-state index in [0.717, 1.165) is 12.2 Å². The molecule has 0 bridgehead atoms. The molecule has 2 rings (SSSR count). The van der Waals surface area contributed by atoms with E-state index in [1.54, 1.807) is 11.3 Å². The van der Waals surface area contributed by atoms with E-state index in [1.165, 1.54) is 10.6 Å². The highest BCUT2D eigenvalue weighted by molar-refractivity contribution is 7.09. The van der Waals surface area contributed by atoms with Crippen LogP contribution >= 0.6 is 11.3 Å². The molecule has 1 aromatic carbocycles. The standard InChI is InChI=1S/C12H14N2S/c1-14(9-12-3-2-8-15-12)11-6-4-10(13)5-7-11/h2-8H,9,13H2,1H3. The van der Waals surface area contributed by atoms with Crippen LogP contribution < -0.4 is 10.6 Å². The third-order valence-electron chi connectivity index (χ3n) is 2.31. The molecule has 0 aliphatic carbocycles. The number of nitrogens with zero attached hydrogens (tertiary/aromatic N) is 1. The Morgan fingerprint density at radius 1 is 1.20 bits per heavy atom. The van der Waals surface area contributed by atoms with Gasteiger partial charge >= 0.3 is 0 Å². The number of rotatable bonds is 3. The summed E-state index contributed by atoms with van der Waals surface area (Å²) in [6.45, 7) is 0.946. The second kappa shape index (κ2) is 4.36. The first-order valence-electron chi connectivity index (χ1n) is 4.85. The minimum Gasteiger partial charge on any atom is -0.399 e. The quantitative estimate of drug-likeness (QED) is 0.802. The lowest BCUT2D eigenvalue weighted by Gasteiger charge is -2.18. The molecule has 0 spiro atoms. The second-order valence-corrected chi connectivity index (χ2v) is 4.56. The van der Waals surface area contributed by atoms with Crippen LogP contribution in [0.1, 0.15) is 4.88 Å². The van der Waals surface area contributed by atoms with Gasteiger partial charge in [0.05, 0.1) is 6.54 Å². The number of benzene rings is 1. The summed E-state index contributed by atoms with van der Waals surface area (Å²) in [6.07, 6.45) is 0. The molecular formula is C12H14N2S. The maximum absolute atomic E-state index is 5.65. The number of thiophene rings is 1. The van der Waals surface area contributed by atoms with Gasteiger partial charge in [-0.3, -0.25) is 0 Å². The van der Waals surface area contributed by atoms with Crippen LogP contribution in [0.15, 0.2) is 41.8 Å². The summed E-state index contributed by atoms with van der Waals surface area (Å²) >= 11 is 1.78. The van der Waals surface area contributed by atoms with Crippen molar-refractivity contribution in [1.82, 2.24) is 0 Å². The van der Waals surface area contributed by atoms with Gasteiger partial charge in [-0.05, 0) is 35.7 Å². The van der Waals surface area contributed by atoms with Gasteiger partial charge in [0, 0.05) is 23.3 Å². The molecule has 1 aromatic heterocycles. The predicted octanol–water partition coefficient (Wildman–Crippen LogP) is 2.97. The van der Waals surface area contributed by atoms with Gasteiger partial charge in [-0.1, -0.05) is 6.07 Å². The van der Waals surface area contributed by atoms with E-state index in [4.69, 9.17) is 5.73 Å². The van der Waals surface area contributed by atoms with Crippen molar-refractivity contribution >= 4 is 22.7 Å². The van der Waals surface area contributed by atoms with Crippen LogP contribution in [0.5, 0.6) is 0 Å². The Hall–Kier alpha value is -1.48. The van der Waals surface area contributed by atoms with Crippen LogP contribution in [-0.2, 0) is 6.54 Å². The number of anilines is 2. The number of nitrogens with two attached hydrogens (primary N) is 1. The van der Waals surface area contributed by atoms with Crippen molar-refractivity contribution in [3.05, 3.63) is 46.7 Å². The van der Waals surface area contributed by atoms with Gasteiger partial charge in [-0.2, -0.15) is 0 Å². The van der Waals surface area contributed by atoms with Crippen molar-refractivity contribution < 1.29 is 0 Å². The summed E-state index contributed by atoms with van der Waals surface area (Å²) in [7, 11) is 2.09. The molecule has 0 amide bonds. The molecule has 3 heteroatoms. The molecular weight excluding hydrogens is 204 g/mol. The van der Waals surface area contributed by atoms with Gasteiger partial charge < -0.3 is 10.6 Å². The molecule has 2 nitrogen and oxygen atoms in total. The molecule has 15 heavy (non-hydrogen) atoms. The monoisotopic (exact) mass is 218 g/mol. The van der Waals surface area contributed by atoms with Gasteiger partial charge in [0.15, 0.2) is 0 Å². The Bertz CT molecular complexity index is 406. The summed E-state index contributed by atoms with van der Waals surface area (Å²) in [6, 6.07) is 12.2. The lowest BCUT2D eigenvalue weighted by atomic mass is 10.2. The first-order chi connectivity index (χ1) is 7.25. The van der Waals surface area contributed by atoms with E-state index in [1.807, 2.05) is 24.3 Å². The lowest BCUT2D eigenvalue weighted by Crippen LogP contribution is -2.15. The van der Waals surface area contributed by atoms with E-state index in [9.17, 15) is 0 Å². The van der Waals surface area contributed by atoms with E-state index >= 15 is 0 Å². The van der Waals surface area contributed by atoms with Crippen molar-refractivity contribution in [2.45, 2.75) is 6.54 Å². The molecule has 0 radical (unpaired) electrons. The highest BCUT2D eigenvalue weighted by Gasteiger charge is 2.01.